The summed E-state index contributed by atoms with van der Waals surface area (Å²) in [6.45, 7) is 0. The van der Waals surface area contributed by atoms with Gasteiger partial charge in [-0.05, 0) is 18.2 Å². The average molecular weight is 284 g/mol. The Morgan fingerprint density at radius 2 is 2.12 bits per heavy atom. The number of hydrogen-bond acceptors (Lipinski definition) is 3. The number of thiophene rings is 1. The number of nitrogens with two attached hydrogens (primary N) is 1. The minimum Gasteiger partial charge on any atom is -0.397 e. The van der Waals surface area contributed by atoms with Gasteiger partial charge in [0.15, 0.2) is 0 Å². The third-order valence-corrected chi connectivity index (χ3v) is 3.94. The van der Waals surface area contributed by atoms with Gasteiger partial charge in [0.25, 0.3) is 0 Å². The number of anilines is 1. The van der Waals surface area contributed by atoms with Crippen LogP contribution in [-0.2, 0) is 0 Å². The van der Waals surface area contributed by atoms with E-state index < -0.39 is 0 Å². The number of hydrogen-bond donors (Lipinski definition) is 2. The summed E-state index contributed by atoms with van der Waals surface area (Å²) >= 11 is 13.3. The highest BCUT2D eigenvalue weighted by molar-refractivity contribution is 7.20. The predicted molar refractivity (Wildman–Crippen MR) is 73.8 cm³/mol. The first kappa shape index (κ1) is 10.9. The van der Waals surface area contributed by atoms with E-state index in [9.17, 15) is 0 Å². The van der Waals surface area contributed by atoms with E-state index in [2.05, 4.69) is 9.97 Å². The molecule has 86 valence electrons. The number of imidazole rings is 1. The normalized spacial score (nSPS) is 11.2. The number of fused-ring (bicyclic) bond motifs is 1. The molecule has 0 fully saturated rings. The van der Waals surface area contributed by atoms with Gasteiger partial charge in [-0.1, -0.05) is 29.3 Å². The molecule has 6 heteroatoms. The van der Waals surface area contributed by atoms with Crippen LogP contribution in [0.2, 0.25) is 8.67 Å². The molecule has 0 aliphatic heterocycles. The zero-order valence-corrected chi connectivity index (χ0v) is 10.8. The van der Waals surface area contributed by atoms with E-state index >= 15 is 0 Å². The minimum absolute atomic E-state index is 0.618. The van der Waals surface area contributed by atoms with E-state index in [4.69, 9.17) is 28.9 Å². The number of nitrogens with zero attached hydrogens (tertiary/aromatic N) is 1. The monoisotopic (exact) mass is 283 g/mol. The molecular formula is C11H7Cl2N3S. The van der Waals surface area contributed by atoms with Gasteiger partial charge in [-0.25, -0.2) is 4.98 Å². The zero-order chi connectivity index (χ0) is 12.0. The SMILES string of the molecule is Nc1cccc2[nH]c(-c3cc(Cl)sc3Cl)nc12. The quantitative estimate of drug-likeness (QED) is 0.658. The Labute approximate surface area is 111 Å². The van der Waals surface area contributed by atoms with Crippen molar-refractivity contribution in [2.45, 2.75) is 0 Å². The number of aromatic nitrogens is 2. The Balaban J connectivity index is 2.25. The Morgan fingerprint density at radius 3 is 2.76 bits per heavy atom. The molecule has 1 aromatic carbocycles. The first-order valence-corrected chi connectivity index (χ1v) is 6.42. The number of halogens is 2. The third kappa shape index (κ3) is 1.78. The van der Waals surface area contributed by atoms with Crippen LogP contribution in [0.3, 0.4) is 0 Å². The fourth-order valence-electron chi connectivity index (χ4n) is 1.68. The summed E-state index contributed by atoms with van der Waals surface area (Å²) in [5.74, 6) is 0.686. The van der Waals surface area contributed by atoms with E-state index in [-0.39, 0.29) is 0 Å². The first-order chi connectivity index (χ1) is 8.15. The van der Waals surface area contributed by atoms with Crippen molar-refractivity contribution in [3.63, 3.8) is 0 Å². The largest absolute Gasteiger partial charge is 0.397 e. The van der Waals surface area contributed by atoms with Gasteiger partial charge in [0, 0.05) is 5.56 Å². The molecule has 3 aromatic rings. The molecule has 0 aliphatic rings. The number of rotatable bonds is 1. The van der Waals surface area contributed by atoms with Gasteiger partial charge in [-0.15, -0.1) is 11.3 Å². The van der Waals surface area contributed by atoms with Crippen molar-refractivity contribution in [3.05, 3.63) is 32.9 Å². The summed E-state index contributed by atoms with van der Waals surface area (Å²) in [6, 6.07) is 7.41. The highest BCUT2D eigenvalue weighted by Crippen LogP contribution is 2.37. The van der Waals surface area contributed by atoms with Gasteiger partial charge in [-0.2, -0.15) is 0 Å². The van der Waals surface area contributed by atoms with Crippen LogP contribution in [0.15, 0.2) is 24.3 Å². The van der Waals surface area contributed by atoms with Crippen LogP contribution in [0.25, 0.3) is 22.4 Å². The lowest BCUT2D eigenvalue weighted by molar-refractivity contribution is 1.35. The maximum atomic E-state index is 6.09. The fourth-order valence-corrected chi connectivity index (χ4v) is 3.15. The summed E-state index contributed by atoms with van der Waals surface area (Å²) in [7, 11) is 0. The summed E-state index contributed by atoms with van der Waals surface area (Å²) in [6.07, 6.45) is 0. The van der Waals surface area contributed by atoms with Crippen molar-refractivity contribution < 1.29 is 0 Å². The average Bonchev–Trinajstić information content (AvgIpc) is 2.82. The topological polar surface area (TPSA) is 54.7 Å². The van der Waals surface area contributed by atoms with E-state index in [0.29, 0.717) is 20.2 Å². The van der Waals surface area contributed by atoms with Gasteiger partial charge in [0.2, 0.25) is 0 Å². The second-order valence-corrected chi connectivity index (χ2v) is 5.85. The van der Waals surface area contributed by atoms with Crippen molar-refractivity contribution in [1.29, 1.82) is 0 Å². The lowest BCUT2D eigenvalue weighted by atomic mass is 10.3. The van der Waals surface area contributed by atoms with Gasteiger partial charge >= 0.3 is 0 Å². The number of nitrogen functional groups attached to an aromatic ring is 1. The molecule has 0 aliphatic carbocycles. The summed E-state index contributed by atoms with van der Waals surface area (Å²) in [4.78, 5) is 7.62. The molecule has 0 radical (unpaired) electrons. The Morgan fingerprint density at radius 1 is 1.29 bits per heavy atom. The van der Waals surface area contributed by atoms with Crippen molar-refractivity contribution >= 4 is 51.3 Å². The summed E-state index contributed by atoms with van der Waals surface area (Å²) < 4.78 is 1.26. The van der Waals surface area contributed by atoms with Crippen LogP contribution >= 0.6 is 34.5 Å². The summed E-state index contributed by atoms with van der Waals surface area (Å²) in [5.41, 5.74) is 8.93. The van der Waals surface area contributed by atoms with Gasteiger partial charge in [0.05, 0.1) is 15.5 Å². The molecule has 3 rings (SSSR count). The molecule has 0 atom stereocenters. The van der Waals surface area contributed by atoms with E-state index in [1.807, 2.05) is 18.2 Å². The highest BCUT2D eigenvalue weighted by atomic mass is 35.5. The molecular weight excluding hydrogens is 277 g/mol. The van der Waals surface area contributed by atoms with Gasteiger partial charge < -0.3 is 10.7 Å². The number of benzene rings is 1. The molecule has 0 bridgehead atoms. The molecule has 2 heterocycles. The molecule has 3 nitrogen and oxygen atoms in total. The van der Waals surface area contributed by atoms with Gasteiger partial charge in [-0.3, -0.25) is 0 Å². The smallest absolute Gasteiger partial charge is 0.141 e. The first-order valence-electron chi connectivity index (χ1n) is 4.84. The van der Waals surface area contributed by atoms with E-state index in [1.165, 1.54) is 11.3 Å². The Kier molecular flexibility index (Phi) is 2.50. The second kappa shape index (κ2) is 3.91. The van der Waals surface area contributed by atoms with Crippen molar-refractivity contribution in [3.8, 4) is 11.4 Å². The lowest BCUT2D eigenvalue weighted by Gasteiger charge is -1.91. The molecule has 0 saturated heterocycles. The Hall–Kier alpha value is -1.23. The molecule has 0 saturated carbocycles. The minimum atomic E-state index is 0.618. The molecule has 0 spiro atoms. The maximum Gasteiger partial charge on any atom is 0.141 e. The molecule has 3 N–H and O–H groups in total. The van der Waals surface area contributed by atoms with Crippen molar-refractivity contribution in [1.82, 2.24) is 9.97 Å². The zero-order valence-electron chi connectivity index (χ0n) is 8.50. The van der Waals surface area contributed by atoms with Crippen molar-refractivity contribution in [2.24, 2.45) is 0 Å². The van der Waals surface area contributed by atoms with E-state index in [1.54, 1.807) is 6.07 Å². The number of H-pyrrole nitrogens is 1. The number of nitrogens with one attached hydrogen (secondary N) is 1. The maximum absolute atomic E-state index is 6.09. The van der Waals surface area contributed by atoms with Crippen LogP contribution < -0.4 is 5.73 Å². The van der Waals surface area contributed by atoms with Crippen LogP contribution in [0.4, 0.5) is 5.69 Å². The second-order valence-electron chi connectivity index (χ2n) is 3.57. The highest BCUT2D eigenvalue weighted by Gasteiger charge is 2.13. The standard InChI is InChI=1S/C11H7Cl2N3S/c12-8-4-5(10(13)17-8)11-15-7-3-1-2-6(14)9(7)16-11/h1-4H,14H2,(H,15,16). The number of para-hydroxylation sites is 1. The predicted octanol–water partition coefficient (Wildman–Crippen LogP) is 4.18. The summed E-state index contributed by atoms with van der Waals surface area (Å²) in [5, 5.41) is 0. The van der Waals surface area contributed by atoms with Crippen LogP contribution in [0.5, 0.6) is 0 Å². The molecule has 17 heavy (non-hydrogen) atoms. The lowest BCUT2D eigenvalue weighted by Crippen LogP contribution is -1.84. The molecule has 0 amide bonds. The fraction of sp³-hybridized carbons (Fsp3) is 0. The Bertz CT molecular complexity index is 702. The molecule has 2 aromatic heterocycles. The van der Waals surface area contributed by atoms with Crippen LogP contribution in [0.1, 0.15) is 0 Å². The third-order valence-electron chi connectivity index (χ3n) is 2.46. The van der Waals surface area contributed by atoms with Crippen molar-refractivity contribution in [2.75, 3.05) is 5.73 Å². The van der Waals surface area contributed by atoms with Gasteiger partial charge in [0.1, 0.15) is 15.7 Å². The number of aromatic amines is 1. The van der Waals surface area contributed by atoms with Crippen LogP contribution in [-0.4, -0.2) is 9.97 Å². The molecule has 0 unspecified atom stereocenters. The van der Waals surface area contributed by atoms with E-state index in [0.717, 1.165) is 16.6 Å². The van der Waals surface area contributed by atoms with Crippen LogP contribution in [0, 0.1) is 0 Å².